The van der Waals surface area contributed by atoms with Crippen LogP contribution in [0, 0.1) is 0 Å². The maximum Gasteiger partial charge on any atom is 0.412 e. The maximum absolute atomic E-state index is 12.9. The third-order valence-electron chi connectivity index (χ3n) is 5.08. The number of aliphatic hydroxyl groups excluding tert-OH is 1. The Labute approximate surface area is 216 Å². The number of para-hydroxylation sites is 3. The van der Waals surface area contributed by atoms with Crippen molar-refractivity contribution in [2.75, 3.05) is 29.1 Å². The molecule has 0 aliphatic heterocycles. The first-order chi connectivity index (χ1) is 17.6. The molecule has 0 unspecified atom stereocenters. The molecule has 0 atom stereocenters. The van der Waals surface area contributed by atoms with E-state index in [1.54, 1.807) is 81.4 Å². The summed E-state index contributed by atoms with van der Waals surface area (Å²) >= 11 is 0. The van der Waals surface area contributed by atoms with Gasteiger partial charge in [0.15, 0.2) is 0 Å². The standard InChI is InChI=1S/C28H32N4O5/c1-28(2,3)37-27(36)31-24-12-8-7-11-23(24)30-25(34)21-15-13-20(14-16-21)19-32(17-18-33)26(35)29-22-9-5-4-6-10-22/h4-16,33H,17-19H2,1-3H3,(H,29,35)(H,30,34)(H,31,36). The number of carbonyl (C=O) groups is 3. The molecule has 0 bridgehead atoms. The highest BCUT2D eigenvalue weighted by molar-refractivity contribution is 6.06. The number of carbonyl (C=O) groups excluding carboxylic acids is 3. The van der Waals surface area contributed by atoms with Crippen LogP contribution in [0.5, 0.6) is 0 Å². The molecule has 0 saturated carbocycles. The Kier molecular flexibility index (Phi) is 9.23. The molecular formula is C28H32N4O5. The predicted octanol–water partition coefficient (Wildman–Crippen LogP) is 5.31. The zero-order valence-corrected chi connectivity index (χ0v) is 21.2. The summed E-state index contributed by atoms with van der Waals surface area (Å²) in [6.45, 7) is 5.53. The number of aliphatic hydroxyl groups is 1. The molecule has 37 heavy (non-hydrogen) atoms. The van der Waals surface area contributed by atoms with Crippen molar-refractivity contribution >= 4 is 35.1 Å². The molecule has 194 valence electrons. The average molecular weight is 505 g/mol. The van der Waals surface area contributed by atoms with Gasteiger partial charge in [-0.15, -0.1) is 0 Å². The van der Waals surface area contributed by atoms with E-state index < -0.39 is 11.7 Å². The van der Waals surface area contributed by atoms with Crippen LogP contribution < -0.4 is 16.0 Å². The van der Waals surface area contributed by atoms with Gasteiger partial charge in [0.2, 0.25) is 0 Å². The van der Waals surface area contributed by atoms with Crippen LogP contribution in [0.4, 0.5) is 26.7 Å². The molecule has 0 aromatic heterocycles. The second-order valence-corrected chi connectivity index (χ2v) is 9.26. The molecule has 0 heterocycles. The fourth-order valence-electron chi connectivity index (χ4n) is 3.39. The largest absolute Gasteiger partial charge is 0.444 e. The first-order valence-corrected chi connectivity index (χ1v) is 11.9. The molecular weight excluding hydrogens is 472 g/mol. The molecule has 9 heteroatoms. The summed E-state index contributed by atoms with van der Waals surface area (Å²) in [5, 5.41) is 17.7. The van der Waals surface area contributed by atoms with Crippen molar-refractivity contribution in [2.24, 2.45) is 0 Å². The van der Waals surface area contributed by atoms with Gasteiger partial charge >= 0.3 is 12.1 Å². The Hall–Kier alpha value is -4.37. The van der Waals surface area contributed by atoms with E-state index >= 15 is 0 Å². The molecule has 0 fully saturated rings. The van der Waals surface area contributed by atoms with Gasteiger partial charge in [0, 0.05) is 24.3 Å². The second kappa shape index (κ2) is 12.5. The third kappa shape index (κ3) is 8.66. The van der Waals surface area contributed by atoms with Crippen molar-refractivity contribution in [1.82, 2.24) is 4.90 Å². The number of hydrogen-bond acceptors (Lipinski definition) is 5. The number of urea groups is 1. The fourth-order valence-corrected chi connectivity index (χ4v) is 3.39. The molecule has 3 rings (SSSR count). The number of amides is 4. The topological polar surface area (TPSA) is 120 Å². The van der Waals surface area contributed by atoms with Gasteiger partial charge in [0.1, 0.15) is 5.60 Å². The first kappa shape index (κ1) is 27.2. The Morgan fingerprint density at radius 2 is 1.41 bits per heavy atom. The molecule has 0 aliphatic carbocycles. The highest BCUT2D eigenvalue weighted by Gasteiger charge is 2.18. The van der Waals surface area contributed by atoms with E-state index in [1.165, 1.54) is 4.90 Å². The number of ether oxygens (including phenoxy) is 1. The van der Waals surface area contributed by atoms with E-state index in [2.05, 4.69) is 16.0 Å². The molecule has 0 radical (unpaired) electrons. The van der Waals surface area contributed by atoms with Crippen LogP contribution in [0.2, 0.25) is 0 Å². The summed E-state index contributed by atoms with van der Waals surface area (Å²) in [6, 6.07) is 22.4. The minimum Gasteiger partial charge on any atom is -0.444 e. The summed E-state index contributed by atoms with van der Waals surface area (Å²) in [4.78, 5) is 39.2. The lowest BCUT2D eigenvalue weighted by molar-refractivity contribution is 0.0635. The van der Waals surface area contributed by atoms with E-state index in [4.69, 9.17) is 4.74 Å². The van der Waals surface area contributed by atoms with Crippen molar-refractivity contribution in [1.29, 1.82) is 0 Å². The first-order valence-electron chi connectivity index (χ1n) is 11.9. The van der Waals surface area contributed by atoms with Crippen LogP contribution in [0.25, 0.3) is 0 Å². The molecule has 4 amide bonds. The van der Waals surface area contributed by atoms with Gasteiger partial charge in [-0.25, -0.2) is 9.59 Å². The number of hydrogen-bond donors (Lipinski definition) is 4. The lowest BCUT2D eigenvalue weighted by Crippen LogP contribution is -2.36. The molecule has 0 saturated heterocycles. The number of rotatable bonds is 8. The van der Waals surface area contributed by atoms with Gasteiger partial charge in [-0.2, -0.15) is 0 Å². The van der Waals surface area contributed by atoms with Gasteiger partial charge < -0.3 is 25.4 Å². The molecule has 0 spiro atoms. The molecule has 0 aliphatic rings. The molecule has 3 aromatic rings. The minimum absolute atomic E-state index is 0.155. The van der Waals surface area contributed by atoms with Gasteiger partial charge in [0.25, 0.3) is 5.91 Å². The van der Waals surface area contributed by atoms with Crippen LogP contribution >= 0.6 is 0 Å². The van der Waals surface area contributed by atoms with Crippen molar-refractivity contribution in [3.63, 3.8) is 0 Å². The fraction of sp³-hybridized carbons (Fsp3) is 0.250. The number of nitrogens with one attached hydrogen (secondary N) is 3. The maximum atomic E-state index is 12.9. The summed E-state index contributed by atoms with van der Waals surface area (Å²) < 4.78 is 5.29. The monoisotopic (exact) mass is 504 g/mol. The molecule has 9 nitrogen and oxygen atoms in total. The van der Waals surface area contributed by atoms with Gasteiger partial charge in [0.05, 0.1) is 18.0 Å². The minimum atomic E-state index is -0.654. The molecule has 3 aromatic carbocycles. The van der Waals surface area contributed by atoms with E-state index in [-0.39, 0.29) is 31.6 Å². The average Bonchev–Trinajstić information content (AvgIpc) is 2.85. The van der Waals surface area contributed by atoms with Crippen LogP contribution in [0.3, 0.4) is 0 Å². The number of nitrogens with zero attached hydrogens (tertiary/aromatic N) is 1. The van der Waals surface area contributed by atoms with E-state index in [0.717, 1.165) is 5.56 Å². The van der Waals surface area contributed by atoms with E-state index in [1.807, 2.05) is 18.2 Å². The second-order valence-electron chi connectivity index (χ2n) is 9.26. The van der Waals surface area contributed by atoms with Crippen molar-refractivity contribution < 1.29 is 24.2 Å². The van der Waals surface area contributed by atoms with Crippen molar-refractivity contribution in [3.8, 4) is 0 Å². The smallest absolute Gasteiger partial charge is 0.412 e. The SMILES string of the molecule is CC(C)(C)OC(=O)Nc1ccccc1NC(=O)c1ccc(CN(CCO)C(=O)Nc2ccccc2)cc1. The van der Waals surface area contributed by atoms with E-state index in [9.17, 15) is 19.5 Å². The highest BCUT2D eigenvalue weighted by Crippen LogP contribution is 2.23. The number of anilines is 3. The lowest BCUT2D eigenvalue weighted by atomic mass is 10.1. The van der Waals surface area contributed by atoms with Crippen molar-refractivity contribution in [3.05, 3.63) is 90.0 Å². The summed E-state index contributed by atoms with van der Waals surface area (Å²) in [7, 11) is 0. The number of benzene rings is 3. The van der Waals surface area contributed by atoms with Crippen LogP contribution in [0.1, 0.15) is 36.7 Å². The predicted molar refractivity (Wildman–Crippen MR) is 144 cm³/mol. The van der Waals surface area contributed by atoms with Crippen molar-refractivity contribution in [2.45, 2.75) is 32.9 Å². The van der Waals surface area contributed by atoms with Crippen LogP contribution in [-0.2, 0) is 11.3 Å². The Morgan fingerprint density at radius 1 is 0.811 bits per heavy atom. The Balaban J connectivity index is 1.64. The van der Waals surface area contributed by atoms with E-state index in [0.29, 0.717) is 22.6 Å². The summed E-state index contributed by atoms with van der Waals surface area (Å²) in [5.41, 5.74) is 2.03. The summed E-state index contributed by atoms with van der Waals surface area (Å²) in [5.74, 6) is -0.362. The Bertz CT molecular complexity index is 1210. The Morgan fingerprint density at radius 3 is 2.00 bits per heavy atom. The van der Waals surface area contributed by atoms with Crippen LogP contribution in [-0.4, -0.2) is 46.8 Å². The van der Waals surface area contributed by atoms with Gasteiger partial charge in [-0.05, 0) is 62.7 Å². The van der Waals surface area contributed by atoms with Gasteiger partial charge in [-0.1, -0.05) is 42.5 Å². The zero-order valence-electron chi connectivity index (χ0n) is 21.2. The summed E-state index contributed by atoms with van der Waals surface area (Å²) in [6.07, 6.45) is -0.623. The normalized spacial score (nSPS) is 10.8. The third-order valence-corrected chi connectivity index (χ3v) is 5.08. The van der Waals surface area contributed by atoms with Gasteiger partial charge in [-0.3, -0.25) is 10.1 Å². The van der Waals surface area contributed by atoms with Crippen LogP contribution in [0.15, 0.2) is 78.9 Å². The highest BCUT2D eigenvalue weighted by atomic mass is 16.6. The molecule has 4 N–H and O–H groups in total. The quantitative estimate of drug-likeness (QED) is 0.331. The lowest BCUT2D eigenvalue weighted by Gasteiger charge is -2.22. The zero-order chi connectivity index (χ0) is 26.8.